The number of nitrogens with one attached hydrogen (secondary N) is 1. The summed E-state index contributed by atoms with van der Waals surface area (Å²) in [5.74, 6) is -1.27. The lowest BCUT2D eigenvalue weighted by atomic mass is 10.2. The molecule has 1 fully saturated rings. The third-order valence-corrected chi connectivity index (χ3v) is 6.31. The second kappa shape index (κ2) is 6.44. The molecule has 0 spiro atoms. The monoisotopic (exact) mass is 364 g/mol. The highest BCUT2D eigenvalue weighted by Crippen LogP contribution is 2.18. The third kappa shape index (κ3) is 4.90. The van der Waals surface area contributed by atoms with Gasteiger partial charge in [-0.1, -0.05) is 0 Å². The van der Waals surface area contributed by atoms with Gasteiger partial charge in [-0.05, 0) is 30.7 Å². The Balaban J connectivity index is 2.09. The minimum absolute atomic E-state index is 0.00565. The lowest BCUT2D eigenvalue weighted by molar-refractivity contribution is -0.120. The van der Waals surface area contributed by atoms with Crippen LogP contribution in [0.5, 0.6) is 0 Å². The number of hydrogen-bond donors (Lipinski definition) is 1. The van der Waals surface area contributed by atoms with Crippen LogP contribution >= 0.6 is 0 Å². The largest absolute Gasteiger partial charge is 0.351 e. The summed E-state index contributed by atoms with van der Waals surface area (Å²) in [6, 6.07) is 4.18. The van der Waals surface area contributed by atoms with E-state index < -0.39 is 44.2 Å². The number of carbonyl (C=O) groups is 1. The fraction of sp³-hybridized carbons (Fsp3) is 0.462. The van der Waals surface area contributed by atoms with Crippen LogP contribution in [0.3, 0.4) is 0 Å². The summed E-state index contributed by atoms with van der Waals surface area (Å²) in [5.41, 5.74) is 0.156. The van der Waals surface area contributed by atoms with E-state index >= 15 is 0 Å². The van der Waals surface area contributed by atoms with Crippen LogP contribution in [-0.4, -0.2) is 53.1 Å². The predicted molar refractivity (Wildman–Crippen MR) is 83.8 cm³/mol. The Morgan fingerprint density at radius 3 is 2.43 bits per heavy atom. The molecule has 1 heterocycles. The van der Waals surface area contributed by atoms with Gasteiger partial charge < -0.3 is 5.32 Å². The Morgan fingerprint density at radius 1 is 1.35 bits per heavy atom. The average molecular weight is 364 g/mol. The molecule has 1 aromatic carbocycles. The van der Waals surface area contributed by atoms with Gasteiger partial charge >= 0.3 is 0 Å². The van der Waals surface area contributed by atoms with Crippen molar-refractivity contribution in [2.75, 3.05) is 28.6 Å². The first kappa shape index (κ1) is 17.7. The van der Waals surface area contributed by atoms with Crippen LogP contribution in [0.25, 0.3) is 0 Å². The number of benzene rings is 1. The lowest BCUT2D eigenvalue weighted by Crippen LogP contribution is -2.44. The third-order valence-electron chi connectivity index (χ3n) is 3.40. The van der Waals surface area contributed by atoms with Crippen LogP contribution in [0.1, 0.15) is 6.42 Å². The Kier molecular flexibility index (Phi) is 4.95. The first-order chi connectivity index (χ1) is 10.6. The second-order valence-corrected chi connectivity index (χ2v) is 9.55. The molecule has 1 N–H and O–H groups in total. The molecule has 23 heavy (non-hydrogen) atoms. The summed E-state index contributed by atoms with van der Waals surface area (Å²) in [6.45, 7) is -0.499. The number of halogens is 1. The normalized spacial score (nSPS) is 20.2. The molecule has 2 rings (SSSR count). The summed E-state index contributed by atoms with van der Waals surface area (Å²) in [6.07, 6.45) is 1.24. The van der Waals surface area contributed by atoms with E-state index in [9.17, 15) is 26.0 Å². The Hall–Kier alpha value is -1.68. The van der Waals surface area contributed by atoms with Crippen molar-refractivity contribution < 1.29 is 26.0 Å². The van der Waals surface area contributed by atoms with E-state index in [0.717, 1.165) is 22.7 Å². The molecule has 1 amide bonds. The first-order valence-corrected chi connectivity index (χ1v) is 10.5. The van der Waals surface area contributed by atoms with Crippen LogP contribution in [0.4, 0.5) is 10.1 Å². The average Bonchev–Trinajstić information content (AvgIpc) is 2.75. The molecule has 0 aliphatic carbocycles. The smallest absolute Gasteiger partial charge is 0.241 e. The van der Waals surface area contributed by atoms with Gasteiger partial charge in [0.25, 0.3) is 0 Å². The number of amides is 1. The maximum atomic E-state index is 12.9. The van der Waals surface area contributed by atoms with Crippen molar-refractivity contribution in [2.24, 2.45) is 0 Å². The molecule has 128 valence electrons. The van der Waals surface area contributed by atoms with E-state index in [-0.39, 0.29) is 17.2 Å². The molecule has 7 nitrogen and oxygen atoms in total. The van der Waals surface area contributed by atoms with Crippen molar-refractivity contribution in [1.29, 1.82) is 0 Å². The predicted octanol–water partition coefficient (Wildman–Crippen LogP) is -0.105. The van der Waals surface area contributed by atoms with Crippen molar-refractivity contribution in [3.8, 4) is 0 Å². The van der Waals surface area contributed by atoms with Crippen molar-refractivity contribution in [3.05, 3.63) is 30.1 Å². The van der Waals surface area contributed by atoms with Crippen LogP contribution in [0.15, 0.2) is 24.3 Å². The zero-order valence-corrected chi connectivity index (χ0v) is 14.0. The van der Waals surface area contributed by atoms with Gasteiger partial charge in [0.15, 0.2) is 9.84 Å². The van der Waals surface area contributed by atoms with Gasteiger partial charge in [0, 0.05) is 6.04 Å². The molecule has 1 aliphatic heterocycles. The van der Waals surface area contributed by atoms with Gasteiger partial charge in [-0.25, -0.2) is 21.2 Å². The minimum atomic E-state index is -3.75. The molecule has 10 heteroatoms. The molecular weight excluding hydrogens is 347 g/mol. The van der Waals surface area contributed by atoms with Crippen LogP contribution < -0.4 is 9.62 Å². The van der Waals surface area contributed by atoms with E-state index in [1.807, 2.05) is 0 Å². The summed E-state index contributed by atoms with van der Waals surface area (Å²) in [5, 5.41) is 2.52. The summed E-state index contributed by atoms with van der Waals surface area (Å²) in [4.78, 5) is 12.0. The summed E-state index contributed by atoms with van der Waals surface area (Å²) in [7, 11) is -6.89. The quantitative estimate of drug-likeness (QED) is 0.786. The number of carbonyl (C=O) groups excluding carboxylic acids is 1. The molecular formula is C13H17FN2O5S2. The second-order valence-electron chi connectivity index (χ2n) is 5.41. The highest BCUT2D eigenvalue weighted by molar-refractivity contribution is 7.92. The number of anilines is 1. The zero-order valence-electron chi connectivity index (χ0n) is 12.4. The highest BCUT2D eigenvalue weighted by Gasteiger charge is 2.30. The summed E-state index contributed by atoms with van der Waals surface area (Å²) >= 11 is 0. The molecule has 1 unspecified atom stereocenters. The molecule has 0 aromatic heterocycles. The molecule has 1 atom stereocenters. The van der Waals surface area contributed by atoms with Crippen molar-refractivity contribution in [3.63, 3.8) is 0 Å². The molecule has 1 aromatic rings. The van der Waals surface area contributed by atoms with E-state index in [4.69, 9.17) is 0 Å². The fourth-order valence-corrected chi connectivity index (χ4v) is 4.85. The standard InChI is InChI=1S/C13H17FN2O5S2/c1-22(18,19)16(12-4-2-10(14)3-5-12)8-13(17)15-11-6-7-23(20,21)9-11/h2-5,11H,6-9H2,1H3,(H,15,17). The van der Waals surface area contributed by atoms with E-state index in [2.05, 4.69) is 5.32 Å². The molecule has 1 aliphatic rings. The Labute approximate surface area is 134 Å². The van der Waals surface area contributed by atoms with Gasteiger partial charge in [-0.3, -0.25) is 9.10 Å². The van der Waals surface area contributed by atoms with Crippen LogP contribution in [0, 0.1) is 5.82 Å². The molecule has 0 radical (unpaired) electrons. The highest BCUT2D eigenvalue weighted by atomic mass is 32.2. The number of hydrogen-bond acceptors (Lipinski definition) is 5. The van der Waals surface area contributed by atoms with Crippen molar-refractivity contribution >= 4 is 31.5 Å². The molecule has 0 saturated carbocycles. The van der Waals surface area contributed by atoms with E-state index in [0.29, 0.717) is 6.42 Å². The number of rotatable bonds is 5. The van der Waals surface area contributed by atoms with Gasteiger partial charge in [-0.2, -0.15) is 0 Å². The van der Waals surface area contributed by atoms with Crippen molar-refractivity contribution in [2.45, 2.75) is 12.5 Å². The van der Waals surface area contributed by atoms with Gasteiger partial charge in [0.1, 0.15) is 12.4 Å². The maximum Gasteiger partial charge on any atom is 0.241 e. The first-order valence-electron chi connectivity index (χ1n) is 6.80. The SMILES string of the molecule is CS(=O)(=O)N(CC(=O)NC1CCS(=O)(=O)C1)c1ccc(F)cc1. The number of sulfone groups is 1. The number of nitrogens with zero attached hydrogens (tertiary/aromatic N) is 1. The fourth-order valence-electron chi connectivity index (χ4n) is 2.32. The molecule has 1 saturated heterocycles. The molecule has 0 bridgehead atoms. The lowest BCUT2D eigenvalue weighted by Gasteiger charge is -2.22. The van der Waals surface area contributed by atoms with Crippen molar-refractivity contribution in [1.82, 2.24) is 5.32 Å². The zero-order chi connectivity index (χ0) is 17.3. The van der Waals surface area contributed by atoms with Crippen LogP contribution in [-0.2, 0) is 24.7 Å². The summed E-state index contributed by atoms with van der Waals surface area (Å²) < 4.78 is 60.2. The van der Waals surface area contributed by atoms with Gasteiger partial charge in [0.2, 0.25) is 15.9 Å². The van der Waals surface area contributed by atoms with E-state index in [1.165, 1.54) is 12.1 Å². The Bertz CT molecular complexity index is 790. The topological polar surface area (TPSA) is 101 Å². The van der Waals surface area contributed by atoms with E-state index in [1.54, 1.807) is 0 Å². The maximum absolute atomic E-state index is 12.9. The van der Waals surface area contributed by atoms with Gasteiger partial charge in [0.05, 0.1) is 23.4 Å². The number of sulfonamides is 1. The Morgan fingerprint density at radius 2 is 1.96 bits per heavy atom. The van der Waals surface area contributed by atoms with Crippen LogP contribution in [0.2, 0.25) is 0 Å². The minimum Gasteiger partial charge on any atom is -0.351 e. The van der Waals surface area contributed by atoms with Gasteiger partial charge in [-0.15, -0.1) is 0 Å².